The smallest absolute Gasteiger partial charge is 0.252 e. The van der Waals surface area contributed by atoms with Gasteiger partial charge in [-0.1, -0.05) is 6.92 Å². The van der Waals surface area contributed by atoms with Crippen molar-refractivity contribution in [3.63, 3.8) is 0 Å². The predicted molar refractivity (Wildman–Crippen MR) is 96.1 cm³/mol. The van der Waals surface area contributed by atoms with Gasteiger partial charge in [-0.2, -0.15) is 0 Å². The van der Waals surface area contributed by atoms with Crippen LogP contribution < -0.4 is 15.2 Å². The number of methoxy groups -OCH3 is 1. The summed E-state index contributed by atoms with van der Waals surface area (Å²) in [5.41, 5.74) is 5.34. The molecule has 3 N–H and O–H groups in total. The molecule has 1 aliphatic rings. The summed E-state index contributed by atoms with van der Waals surface area (Å²) in [6.45, 7) is 6.54. The Morgan fingerprint density at radius 1 is 1.40 bits per heavy atom. The molecule has 1 unspecified atom stereocenters. The summed E-state index contributed by atoms with van der Waals surface area (Å²) in [4.78, 5) is 13.8. The predicted octanol–water partition coefficient (Wildman–Crippen LogP) is 1.19. The summed E-state index contributed by atoms with van der Waals surface area (Å²) in [6.07, 6.45) is 2.27. The number of nitrogens with zero attached hydrogens (tertiary/aromatic N) is 1. The number of piperidine rings is 1. The van der Waals surface area contributed by atoms with Gasteiger partial charge in [0.25, 0.3) is 5.91 Å². The molecule has 1 aromatic rings. The third kappa shape index (κ3) is 4.93. The van der Waals surface area contributed by atoms with E-state index in [-0.39, 0.29) is 22.3 Å². The molecular formula is C17H27N3O4S. The standard InChI is InChI=1S/C17H27N3O4S/c1-12-6-8-20(9-7-12)13(2)11-19-25(22,23)14-4-5-16(24-3)15(10-14)17(18)21/h4-5,10,12-13,19H,6-9,11H2,1-3H3,(H2,18,21). The zero-order valence-corrected chi connectivity index (χ0v) is 15.8. The lowest BCUT2D eigenvalue weighted by molar-refractivity contribution is 0.0997. The molecule has 2 rings (SSSR count). The maximum absolute atomic E-state index is 12.5. The zero-order chi connectivity index (χ0) is 18.6. The summed E-state index contributed by atoms with van der Waals surface area (Å²) in [6, 6.07) is 4.19. The van der Waals surface area contributed by atoms with Crippen LogP contribution in [0.2, 0.25) is 0 Å². The first-order chi connectivity index (χ1) is 11.7. The number of hydrogen-bond donors (Lipinski definition) is 2. The first-order valence-corrected chi connectivity index (χ1v) is 9.94. The Hall–Kier alpha value is -1.64. The summed E-state index contributed by atoms with van der Waals surface area (Å²) in [7, 11) is -2.33. The number of sulfonamides is 1. The number of carbonyl (C=O) groups excluding carboxylic acids is 1. The molecule has 0 spiro atoms. The van der Waals surface area contributed by atoms with Gasteiger partial charge in [-0.3, -0.25) is 9.69 Å². The normalized spacial score (nSPS) is 18.0. The molecule has 1 fully saturated rings. The number of ether oxygens (including phenoxy) is 1. The molecule has 25 heavy (non-hydrogen) atoms. The number of rotatable bonds is 7. The number of carbonyl (C=O) groups is 1. The lowest BCUT2D eigenvalue weighted by Crippen LogP contribution is -2.45. The van der Waals surface area contributed by atoms with Crippen LogP contribution in [0.4, 0.5) is 0 Å². The molecule has 1 aromatic carbocycles. The van der Waals surface area contributed by atoms with E-state index in [0.29, 0.717) is 6.54 Å². The van der Waals surface area contributed by atoms with Crippen molar-refractivity contribution < 1.29 is 17.9 Å². The zero-order valence-electron chi connectivity index (χ0n) is 15.0. The van der Waals surface area contributed by atoms with Crippen LogP contribution >= 0.6 is 0 Å². The van der Waals surface area contributed by atoms with Crippen molar-refractivity contribution in [2.45, 2.75) is 37.6 Å². The van der Waals surface area contributed by atoms with Crippen LogP contribution in [-0.4, -0.2) is 52.0 Å². The van der Waals surface area contributed by atoms with Crippen LogP contribution in [0, 0.1) is 5.92 Å². The van der Waals surface area contributed by atoms with Crippen LogP contribution in [0.3, 0.4) is 0 Å². The number of nitrogens with two attached hydrogens (primary N) is 1. The van der Waals surface area contributed by atoms with Gasteiger partial charge < -0.3 is 10.5 Å². The molecule has 0 radical (unpaired) electrons. The van der Waals surface area contributed by atoms with Gasteiger partial charge in [0.15, 0.2) is 0 Å². The van der Waals surface area contributed by atoms with Crippen molar-refractivity contribution >= 4 is 15.9 Å². The summed E-state index contributed by atoms with van der Waals surface area (Å²) < 4.78 is 32.7. The first kappa shape index (κ1) is 19.7. The molecule has 0 saturated carbocycles. The van der Waals surface area contributed by atoms with Crippen molar-refractivity contribution in [3.8, 4) is 5.75 Å². The monoisotopic (exact) mass is 369 g/mol. The van der Waals surface area contributed by atoms with Gasteiger partial charge in [-0.25, -0.2) is 13.1 Å². The Kier molecular flexibility index (Phi) is 6.42. The van der Waals surface area contributed by atoms with Gasteiger partial charge in [0.05, 0.1) is 17.6 Å². The van der Waals surface area contributed by atoms with E-state index in [9.17, 15) is 13.2 Å². The third-order valence-electron chi connectivity index (χ3n) is 4.76. The highest BCUT2D eigenvalue weighted by Crippen LogP contribution is 2.22. The Morgan fingerprint density at radius 2 is 2.04 bits per heavy atom. The number of amides is 1. The van der Waals surface area contributed by atoms with E-state index in [4.69, 9.17) is 10.5 Å². The third-order valence-corrected chi connectivity index (χ3v) is 6.18. The van der Waals surface area contributed by atoms with E-state index in [1.165, 1.54) is 25.3 Å². The Bertz CT molecular complexity index is 713. The van der Waals surface area contributed by atoms with Crippen LogP contribution in [0.15, 0.2) is 23.1 Å². The maximum Gasteiger partial charge on any atom is 0.252 e. The largest absolute Gasteiger partial charge is 0.496 e. The highest BCUT2D eigenvalue weighted by atomic mass is 32.2. The molecular weight excluding hydrogens is 342 g/mol. The van der Waals surface area contributed by atoms with E-state index in [0.717, 1.165) is 31.8 Å². The van der Waals surface area contributed by atoms with Gasteiger partial charge in [-0.05, 0) is 57.0 Å². The fourth-order valence-electron chi connectivity index (χ4n) is 2.96. The van der Waals surface area contributed by atoms with Crippen molar-refractivity contribution in [2.75, 3.05) is 26.7 Å². The number of hydrogen-bond acceptors (Lipinski definition) is 5. The van der Waals surface area contributed by atoms with Crippen molar-refractivity contribution in [1.82, 2.24) is 9.62 Å². The van der Waals surface area contributed by atoms with E-state index < -0.39 is 15.9 Å². The fourth-order valence-corrected chi connectivity index (χ4v) is 4.11. The molecule has 0 bridgehead atoms. The quantitative estimate of drug-likeness (QED) is 0.752. The molecule has 140 valence electrons. The summed E-state index contributed by atoms with van der Waals surface area (Å²) >= 11 is 0. The minimum atomic E-state index is -3.73. The van der Waals surface area contributed by atoms with Gasteiger partial charge >= 0.3 is 0 Å². The topological polar surface area (TPSA) is 102 Å². The van der Waals surface area contributed by atoms with Gasteiger partial charge in [-0.15, -0.1) is 0 Å². The number of primary amides is 1. The van der Waals surface area contributed by atoms with Gasteiger partial charge in [0.1, 0.15) is 5.75 Å². The van der Waals surface area contributed by atoms with Crippen LogP contribution in [-0.2, 0) is 10.0 Å². The van der Waals surface area contributed by atoms with Crippen molar-refractivity contribution in [1.29, 1.82) is 0 Å². The minimum absolute atomic E-state index is 0.00145. The Labute approximate surface area is 149 Å². The van der Waals surface area contributed by atoms with Crippen molar-refractivity contribution in [3.05, 3.63) is 23.8 Å². The van der Waals surface area contributed by atoms with Crippen LogP contribution in [0.5, 0.6) is 5.75 Å². The summed E-state index contributed by atoms with van der Waals surface area (Å²) in [5.74, 6) is 0.249. The molecule has 8 heteroatoms. The molecule has 1 aliphatic heterocycles. The van der Waals surface area contributed by atoms with E-state index in [1.54, 1.807) is 0 Å². The van der Waals surface area contributed by atoms with Gasteiger partial charge in [0, 0.05) is 12.6 Å². The van der Waals surface area contributed by atoms with Crippen molar-refractivity contribution in [2.24, 2.45) is 11.7 Å². The number of likely N-dealkylation sites (tertiary alicyclic amines) is 1. The number of benzene rings is 1. The molecule has 0 aliphatic carbocycles. The van der Waals surface area contributed by atoms with E-state index in [2.05, 4.69) is 16.5 Å². The average Bonchev–Trinajstić information content (AvgIpc) is 2.59. The molecule has 1 heterocycles. The average molecular weight is 369 g/mol. The molecule has 1 saturated heterocycles. The highest BCUT2D eigenvalue weighted by molar-refractivity contribution is 7.89. The second kappa shape index (κ2) is 8.16. The molecule has 1 atom stereocenters. The maximum atomic E-state index is 12.5. The molecule has 0 aromatic heterocycles. The Balaban J connectivity index is 2.06. The fraction of sp³-hybridized carbons (Fsp3) is 0.588. The van der Waals surface area contributed by atoms with Crippen LogP contribution in [0.25, 0.3) is 0 Å². The molecule has 1 amide bonds. The summed E-state index contributed by atoms with van der Waals surface area (Å²) in [5, 5.41) is 0. The lowest BCUT2D eigenvalue weighted by Gasteiger charge is -2.34. The minimum Gasteiger partial charge on any atom is -0.496 e. The molecule has 7 nitrogen and oxygen atoms in total. The van der Waals surface area contributed by atoms with Gasteiger partial charge in [0.2, 0.25) is 10.0 Å². The SMILES string of the molecule is COc1ccc(S(=O)(=O)NCC(C)N2CCC(C)CC2)cc1C(N)=O. The highest BCUT2D eigenvalue weighted by Gasteiger charge is 2.23. The Morgan fingerprint density at radius 3 is 2.60 bits per heavy atom. The second-order valence-corrected chi connectivity index (χ2v) is 8.41. The second-order valence-electron chi connectivity index (χ2n) is 6.65. The first-order valence-electron chi connectivity index (χ1n) is 8.46. The van der Waals surface area contributed by atoms with E-state index >= 15 is 0 Å². The number of nitrogens with one attached hydrogen (secondary N) is 1. The van der Waals surface area contributed by atoms with Crippen LogP contribution in [0.1, 0.15) is 37.0 Å². The van der Waals surface area contributed by atoms with E-state index in [1.807, 2.05) is 6.92 Å². The lowest BCUT2D eigenvalue weighted by atomic mass is 9.98.